The molecular formula is C17H16Cl3NO3. The van der Waals surface area contributed by atoms with E-state index < -0.39 is 15.9 Å². The summed E-state index contributed by atoms with van der Waals surface area (Å²) < 4.78 is 8.81. The molecule has 0 aliphatic rings. The number of hydrogen-bond acceptors (Lipinski definition) is 3. The van der Waals surface area contributed by atoms with Gasteiger partial charge in [-0.1, -0.05) is 65.1 Å². The minimum absolute atomic E-state index is 0.354. The van der Waals surface area contributed by atoms with Crippen LogP contribution in [0.1, 0.15) is 18.5 Å². The molecule has 0 bridgehead atoms. The highest BCUT2D eigenvalue weighted by molar-refractivity contribution is 6.68. The van der Waals surface area contributed by atoms with Crippen molar-refractivity contribution in [2.45, 2.75) is 16.8 Å². The predicted molar refractivity (Wildman–Crippen MR) is 96.2 cm³/mol. The standard InChI is InChI=1S/C17H16Cl3NO3/c1-2-23-13-8-10-14(11-9-13)24-16(22)21-15(17(18,19)20)12-6-4-3-5-7-12/h3-11,15H,2H2,1H3,(H,21,22)/t15-/m0/s1. The van der Waals surface area contributed by atoms with Crippen molar-refractivity contribution in [3.05, 3.63) is 60.2 Å². The number of hydrogen-bond donors (Lipinski definition) is 1. The van der Waals surface area contributed by atoms with Crippen molar-refractivity contribution in [2.24, 2.45) is 0 Å². The maximum absolute atomic E-state index is 12.1. The minimum atomic E-state index is -1.72. The molecule has 0 aromatic heterocycles. The normalized spacial score (nSPS) is 12.3. The van der Waals surface area contributed by atoms with E-state index >= 15 is 0 Å². The first-order valence-electron chi connectivity index (χ1n) is 7.23. The Morgan fingerprint density at radius 1 is 1.04 bits per heavy atom. The van der Waals surface area contributed by atoms with Crippen molar-refractivity contribution in [1.29, 1.82) is 0 Å². The van der Waals surface area contributed by atoms with Crippen LogP contribution in [0.2, 0.25) is 0 Å². The van der Waals surface area contributed by atoms with E-state index in [4.69, 9.17) is 44.3 Å². The highest BCUT2D eigenvalue weighted by Gasteiger charge is 2.35. The fourth-order valence-corrected chi connectivity index (χ4v) is 2.57. The van der Waals surface area contributed by atoms with Crippen LogP contribution in [0.25, 0.3) is 0 Å². The molecule has 0 aliphatic heterocycles. The number of nitrogens with one attached hydrogen (secondary N) is 1. The van der Waals surface area contributed by atoms with Gasteiger partial charge in [0.25, 0.3) is 0 Å². The lowest BCUT2D eigenvalue weighted by Crippen LogP contribution is -2.38. The average Bonchev–Trinajstić information content (AvgIpc) is 2.54. The Kier molecular flexibility index (Phi) is 6.60. The quantitative estimate of drug-likeness (QED) is 0.708. The number of carbonyl (C=O) groups excluding carboxylic acids is 1. The molecule has 1 N–H and O–H groups in total. The summed E-state index contributed by atoms with van der Waals surface area (Å²) in [6, 6.07) is 14.7. The van der Waals surface area contributed by atoms with Crippen molar-refractivity contribution < 1.29 is 14.3 Å². The van der Waals surface area contributed by atoms with Gasteiger partial charge >= 0.3 is 6.09 Å². The fourth-order valence-electron chi connectivity index (χ4n) is 2.02. The van der Waals surface area contributed by atoms with Crippen LogP contribution < -0.4 is 14.8 Å². The summed E-state index contributed by atoms with van der Waals surface area (Å²) >= 11 is 17.9. The van der Waals surface area contributed by atoms with Crippen molar-refractivity contribution in [2.75, 3.05) is 6.61 Å². The van der Waals surface area contributed by atoms with Gasteiger partial charge in [0.05, 0.1) is 6.61 Å². The second-order valence-electron chi connectivity index (χ2n) is 4.82. The highest BCUT2D eigenvalue weighted by atomic mass is 35.6. The summed E-state index contributed by atoms with van der Waals surface area (Å²) in [4.78, 5) is 12.1. The van der Waals surface area contributed by atoms with Crippen LogP contribution in [0.5, 0.6) is 11.5 Å². The van der Waals surface area contributed by atoms with E-state index in [1.807, 2.05) is 13.0 Å². The summed E-state index contributed by atoms with van der Waals surface area (Å²) in [6.07, 6.45) is -0.723. The third kappa shape index (κ3) is 5.48. The Morgan fingerprint density at radius 3 is 2.17 bits per heavy atom. The molecule has 2 aromatic rings. The third-order valence-corrected chi connectivity index (χ3v) is 3.72. The molecule has 0 saturated carbocycles. The molecule has 0 saturated heterocycles. The molecule has 24 heavy (non-hydrogen) atoms. The first-order valence-corrected chi connectivity index (χ1v) is 8.36. The molecule has 2 rings (SSSR count). The SMILES string of the molecule is CCOc1ccc(OC(=O)N[C@@H](c2ccccc2)C(Cl)(Cl)Cl)cc1. The van der Waals surface area contributed by atoms with E-state index in [1.165, 1.54) is 0 Å². The Hall–Kier alpha value is -1.62. The smallest absolute Gasteiger partial charge is 0.413 e. The van der Waals surface area contributed by atoms with E-state index in [1.54, 1.807) is 48.5 Å². The van der Waals surface area contributed by atoms with Crippen molar-refractivity contribution in [3.8, 4) is 11.5 Å². The molecule has 1 atom stereocenters. The molecule has 0 spiro atoms. The zero-order valence-corrected chi connectivity index (χ0v) is 15.1. The Morgan fingerprint density at radius 2 is 1.62 bits per heavy atom. The lowest BCUT2D eigenvalue weighted by atomic mass is 10.1. The first kappa shape index (κ1) is 18.7. The van der Waals surface area contributed by atoms with Gasteiger partial charge in [-0.3, -0.25) is 0 Å². The number of alkyl halides is 3. The van der Waals surface area contributed by atoms with E-state index in [9.17, 15) is 4.79 Å². The number of carbonyl (C=O) groups is 1. The van der Waals surface area contributed by atoms with Gasteiger partial charge in [0, 0.05) is 0 Å². The second kappa shape index (κ2) is 8.47. The van der Waals surface area contributed by atoms with Crippen molar-refractivity contribution in [1.82, 2.24) is 5.32 Å². The molecule has 2 aromatic carbocycles. The molecule has 0 unspecified atom stereocenters. The van der Waals surface area contributed by atoms with E-state index in [-0.39, 0.29) is 0 Å². The fraction of sp³-hybridized carbons (Fsp3) is 0.235. The second-order valence-corrected chi connectivity index (χ2v) is 7.19. The van der Waals surface area contributed by atoms with Crippen LogP contribution in [0.15, 0.2) is 54.6 Å². The number of benzene rings is 2. The van der Waals surface area contributed by atoms with Crippen LogP contribution in [-0.4, -0.2) is 16.5 Å². The van der Waals surface area contributed by atoms with Crippen molar-refractivity contribution >= 4 is 40.9 Å². The van der Waals surface area contributed by atoms with Crippen LogP contribution >= 0.6 is 34.8 Å². The largest absolute Gasteiger partial charge is 0.494 e. The summed E-state index contributed by atoms with van der Waals surface area (Å²) in [5.74, 6) is 1.04. The van der Waals surface area contributed by atoms with Crippen LogP contribution in [0.4, 0.5) is 4.79 Å². The molecule has 7 heteroatoms. The van der Waals surface area contributed by atoms with E-state index in [0.717, 1.165) is 0 Å². The van der Waals surface area contributed by atoms with Gasteiger partial charge in [0.2, 0.25) is 3.79 Å². The zero-order valence-electron chi connectivity index (χ0n) is 12.8. The molecule has 1 amide bonds. The van der Waals surface area contributed by atoms with Gasteiger partial charge in [-0.05, 0) is 36.8 Å². The lowest BCUT2D eigenvalue weighted by Gasteiger charge is -2.25. The maximum atomic E-state index is 12.1. The molecule has 0 heterocycles. The molecule has 0 aliphatic carbocycles. The van der Waals surface area contributed by atoms with Gasteiger partial charge < -0.3 is 14.8 Å². The number of ether oxygens (including phenoxy) is 2. The Labute approximate surface area is 155 Å². The molecule has 0 fully saturated rings. The average molecular weight is 389 g/mol. The van der Waals surface area contributed by atoms with Crippen LogP contribution in [0.3, 0.4) is 0 Å². The molecule has 128 valence electrons. The van der Waals surface area contributed by atoms with E-state index in [0.29, 0.717) is 23.7 Å². The maximum Gasteiger partial charge on any atom is 0.413 e. The molecular weight excluding hydrogens is 373 g/mol. The predicted octanol–water partition coefficient (Wildman–Crippen LogP) is 5.29. The van der Waals surface area contributed by atoms with Gasteiger partial charge in [-0.2, -0.15) is 0 Å². The van der Waals surface area contributed by atoms with Gasteiger partial charge in [-0.25, -0.2) is 4.79 Å². The summed E-state index contributed by atoms with van der Waals surface area (Å²) in [7, 11) is 0. The molecule has 0 radical (unpaired) electrons. The van der Waals surface area contributed by atoms with Gasteiger partial charge in [0.1, 0.15) is 17.5 Å². The highest BCUT2D eigenvalue weighted by Crippen LogP contribution is 2.39. The zero-order chi connectivity index (χ0) is 17.6. The monoisotopic (exact) mass is 387 g/mol. The summed E-state index contributed by atoms with van der Waals surface area (Å²) in [6.45, 7) is 2.45. The third-order valence-electron chi connectivity index (χ3n) is 3.07. The van der Waals surface area contributed by atoms with Gasteiger partial charge in [0.15, 0.2) is 0 Å². The van der Waals surface area contributed by atoms with Crippen LogP contribution in [-0.2, 0) is 0 Å². The number of rotatable bonds is 5. The Bertz CT molecular complexity index is 657. The van der Waals surface area contributed by atoms with Crippen molar-refractivity contribution in [3.63, 3.8) is 0 Å². The molecule has 4 nitrogen and oxygen atoms in total. The number of halogens is 3. The summed E-state index contributed by atoms with van der Waals surface area (Å²) in [5, 5.41) is 2.57. The lowest BCUT2D eigenvalue weighted by molar-refractivity contribution is 0.196. The number of amides is 1. The summed E-state index contributed by atoms with van der Waals surface area (Å²) in [5.41, 5.74) is 0.654. The topological polar surface area (TPSA) is 47.6 Å². The first-order chi connectivity index (χ1) is 11.4. The van der Waals surface area contributed by atoms with E-state index in [2.05, 4.69) is 5.32 Å². The van der Waals surface area contributed by atoms with Gasteiger partial charge in [-0.15, -0.1) is 0 Å². The van der Waals surface area contributed by atoms with Crippen LogP contribution in [0, 0.1) is 0 Å². The minimum Gasteiger partial charge on any atom is -0.494 e. The Balaban J connectivity index is 2.05.